The third-order valence-corrected chi connectivity index (χ3v) is 14.7. The van der Waals surface area contributed by atoms with Crippen molar-refractivity contribution < 1.29 is 28.6 Å². The molecule has 0 aromatic heterocycles. The fourth-order valence-corrected chi connectivity index (χ4v) is 9.52. The number of unbranched alkanes of at least 4 members (excludes halogenated alkanes) is 33. The largest absolute Gasteiger partial charge is 0.462 e. The molecular formula is C75H128O6. The maximum Gasteiger partial charge on any atom is 0.306 e. The fraction of sp³-hybridized carbons (Fsp3) is 0.720. The van der Waals surface area contributed by atoms with Crippen LogP contribution < -0.4 is 0 Å². The van der Waals surface area contributed by atoms with E-state index in [4.69, 9.17) is 14.2 Å². The number of carbonyl (C=O) groups excluding carboxylic acids is 3. The first-order valence-electron chi connectivity index (χ1n) is 34.4. The molecule has 81 heavy (non-hydrogen) atoms. The van der Waals surface area contributed by atoms with Crippen LogP contribution in [0, 0.1) is 0 Å². The number of hydrogen-bond acceptors (Lipinski definition) is 6. The molecule has 0 aromatic carbocycles. The summed E-state index contributed by atoms with van der Waals surface area (Å²) >= 11 is 0. The van der Waals surface area contributed by atoms with Crippen molar-refractivity contribution in [2.75, 3.05) is 13.2 Å². The summed E-state index contributed by atoms with van der Waals surface area (Å²) in [6, 6.07) is 0. The zero-order valence-corrected chi connectivity index (χ0v) is 53.3. The van der Waals surface area contributed by atoms with E-state index in [1.165, 1.54) is 173 Å². The molecule has 0 fully saturated rings. The van der Waals surface area contributed by atoms with Crippen molar-refractivity contribution >= 4 is 17.9 Å². The van der Waals surface area contributed by atoms with Gasteiger partial charge in [-0.3, -0.25) is 14.4 Å². The van der Waals surface area contributed by atoms with Gasteiger partial charge in [-0.05, 0) is 135 Å². The first kappa shape index (κ1) is 77.1. The Bertz CT molecular complexity index is 1620. The number of rotatable bonds is 62. The van der Waals surface area contributed by atoms with Gasteiger partial charge in [0, 0.05) is 19.3 Å². The minimum Gasteiger partial charge on any atom is -0.462 e. The average molecular weight is 1130 g/mol. The van der Waals surface area contributed by atoms with Gasteiger partial charge in [-0.1, -0.05) is 284 Å². The molecule has 0 bridgehead atoms. The van der Waals surface area contributed by atoms with Gasteiger partial charge in [0.1, 0.15) is 13.2 Å². The van der Waals surface area contributed by atoms with Crippen molar-refractivity contribution in [3.8, 4) is 0 Å². The van der Waals surface area contributed by atoms with Crippen molar-refractivity contribution in [1.29, 1.82) is 0 Å². The topological polar surface area (TPSA) is 78.9 Å². The van der Waals surface area contributed by atoms with Crippen molar-refractivity contribution in [1.82, 2.24) is 0 Å². The maximum atomic E-state index is 12.9. The van der Waals surface area contributed by atoms with E-state index in [1.807, 2.05) is 0 Å². The Morgan fingerprint density at radius 1 is 0.247 bits per heavy atom. The van der Waals surface area contributed by atoms with E-state index < -0.39 is 6.10 Å². The molecule has 6 heteroatoms. The lowest BCUT2D eigenvalue weighted by Crippen LogP contribution is -2.30. The normalized spacial score (nSPS) is 12.8. The predicted octanol–water partition coefficient (Wildman–Crippen LogP) is 23.8. The van der Waals surface area contributed by atoms with Gasteiger partial charge < -0.3 is 14.2 Å². The molecule has 0 saturated carbocycles. The summed E-state index contributed by atoms with van der Waals surface area (Å²) < 4.78 is 17.0. The molecule has 1 atom stereocenters. The Hall–Kier alpha value is -3.93. The highest BCUT2D eigenvalue weighted by Gasteiger charge is 2.19. The summed E-state index contributed by atoms with van der Waals surface area (Å²) in [5.74, 6) is -0.909. The van der Waals surface area contributed by atoms with Gasteiger partial charge in [0.15, 0.2) is 6.10 Å². The first-order valence-corrected chi connectivity index (χ1v) is 34.4. The van der Waals surface area contributed by atoms with Crippen LogP contribution in [0.5, 0.6) is 0 Å². The summed E-state index contributed by atoms with van der Waals surface area (Å²) in [6.45, 7) is 6.58. The molecule has 0 aliphatic heterocycles. The molecule has 0 amide bonds. The SMILES string of the molecule is CCCCC/C=C\C/C=C\C/C=C\CCCCCCCCC(=O)OCC(COC(=O)CCCCCCCCCCCC/C=C\C/C=C\C/C=C\CCCCCCC)OC(=O)CCCCCCCC/C=C\C/C=C\C/C=C\CCCCC. The summed E-state index contributed by atoms with van der Waals surface area (Å²) in [5.41, 5.74) is 0. The molecule has 0 N–H and O–H groups in total. The number of allylic oxidation sites excluding steroid dienone is 18. The van der Waals surface area contributed by atoms with Crippen molar-refractivity contribution in [3.63, 3.8) is 0 Å². The van der Waals surface area contributed by atoms with Gasteiger partial charge >= 0.3 is 17.9 Å². The standard InChI is InChI=1S/C75H128O6/c1-4-7-10-13-16-19-22-25-28-31-34-35-36-37-38-39-42-44-47-50-53-56-59-62-65-68-74(77)80-71-72(81-75(78)69-66-63-60-57-54-51-48-45-41-33-30-27-24-21-18-15-12-9-6-3)70-79-73(76)67-64-61-58-55-52-49-46-43-40-32-29-26-23-20-17-14-11-8-5-2/h17-18,20-22,25-27,29-31,34,36-37,40-41,43,45,72H,4-16,19,23-24,28,32-33,35,38-39,42,44,46-71H2,1-3H3/b20-17-,21-18-,25-22-,29-26-,30-27-,34-31-,37-36-,43-40-,45-41-. The van der Waals surface area contributed by atoms with Crippen LogP contribution in [0.2, 0.25) is 0 Å². The summed E-state index contributed by atoms with van der Waals surface area (Å²) in [5, 5.41) is 0. The zero-order valence-electron chi connectivity index (χ0n) is 53.3. The van der Waals surface area contributed by atoms with Gasteiger partial charge in [0.2, 0.25) is 0 Å². The number of esters is 3. The molecule has 0 rings (SSSR count). The van der Waals surface area contributed by atoms with E-state index in [9.17, 15) is 14.4 Å². The van der Waals surface area contributed by atoms with Gasteiger partial charge in [-0.2, -0.15) is 0 Å². The Balaban J connectivity index is 4.42. The van der Waals surface area contributed by atoms with Crippen LogP contribution >= 0.6 is 0 Å². The zero-order chi connectivity index (χ0) is 58.5. The predicted molar refractivity (Wildman–Crippen MR) is 353 cm³/mol. The minimum atomic E-state index is -0.797. The van der Waals surface area contributed by atoms with Crippen LogP contribution in [0.1, 0.15) is 329 Å². The average Bonchev–Trinajstić information content (AvgIpc) is 3.47. The monoisotopic (exact) mass is 1120 g/mol. The van der Waals surface area contributed by atoms with Crippen LogP contribution in [0.25, 0.3) is 0 Å². The van der Waals surface area contributed by atoms with Crippen LogP contribution in [-0.4, -0.2) is 37.2 Å². The van der Waals surface area contributed by atoms with Crippen molar-refractivity contribution in [2.24, 2.45) is 0 Å². The molecule has 0 saturated heterocycles. The van der Waals surface area contributed by atoms with Crippen molar-refractivity contribution in [2.45, 2.75) is 335 Å². The smallest absolute Gasteiger partial charge is 0.306 e. The number of ether oxygens (including phenoxy) is 3. The van der Waals surface area contributed by atoms with Gasteiger partial charge in [-0.15, -0.1) is 0 Å². The highest BCUT2D eigenvalue weighted by Crippen LogP contribution is 2.16. The lowest BCUT2D eigenvalue weighted by atomic mass is 10.1. The second kappa shape index (κ2) is 68.6. The Kier molecular flexibility index (Phi) is 65.2. The molecule has 464 valence electrons. The van der Waals surface area contributed by atoms with Gasteiger partial charge in [0.05, 0.1) is 0 Å². The second-order valence-electron chi connectivity index (χ2n) is 22.7. The van der Waals surface area contributed by atoms with Crippen molar-refractivity contribution in [3.05, 3.63) is 109 Å². The lowest BCUT2D eigenvalue weighted by Gasteiger charge is -2.18. The Labute approximate surface area is 501 Å². The minimum absolute atomic E-state index is 0.0903. The van der Waals surface area contributed by atoms with Crippen LogP contribution in [0.15, 0.2) is 109 Å². The van der Waals surface area contributed by atoms with E-state index in [0.717, 1.165) is 116 Å². The van der Waals surface area contributed by atoms with Crippen LogP contribution in [-0.2, 0) is 28.6 Å². The van der Waals surface area contributed by atoms with E-state index in [1.54, 1.807) is 0 Å². The third kappa shape index (κ3) is 66.8. The summed E-state index contributed by atoms with van der Waals surface area (Å²) in [6.07, 6.45) is 93.7. The third-order valence-electron chi connectivity index (χ3n) is 14.7. The first-order chi connectivity index (χ1) is 40.0. The molecule has 6 nitrogen and oxygen atoms in total. The molecule has 0 aliphatic carbocycles. The Morgan fingerprint density at radius 3 is 0.716 bits per heavy atom. The maximum absolute atomic E-state index is 12.9. The fourth-order valence-electron chi connectivity index (χ4n) is 9.52. The lowest BCUT2D eigenvalue weighted by molar-refractivity contribution is -0.167. The van der Waals surface area contributed by atoms with Gasteiger partial charge in [-0.25, -0.2) is 0 Å². The quantitative estimate of drug-likeness (QED) is 0.0261. The highest BCUT2D eigenvalue weighted by molar-refractivity contribution is 5.71. The van der Waals surface area contributed by atoms with E-state index in [0.29, 0.717) is 19.3 Å². The van der Waals surface area contributed by atoms with Crippen LogP contribution in [0.3, 0.4) is 0 Å². The molecular weight excluding hydrogens is 997 g/mol. The molecule has 0 aromatic rings. The van der Waals surface area contributed by atoms with Crippen LogP contribution in [0.4, 0.5) is 0 Å². The van der Waals surface area contributed by atoms with E-state index in [-0.39, 0.29) is 31.1 Å². The summed E-state index contributed by atoms with van der Waals surface area (Å²) in [4.78, 5) is 38.5. The highest BCUT2D eigenvalue weighted by atomic mass is 16.6. The molecule has 1 unspecified atom stereocenters. The van der Waals surface area contributed by atoms with Gasteiger partial charge in [0.25, 0.3) is 0 Å². The Morgan fingerprint density at radius 2 is 0.444 bits per heavy atom. The molecule has 0 spiro atoms. The summed E-state index contributed by atoms with van der Waals surface area (Å²) in [7, 11) is 0. The number of carbonyl (C=O) groups is 3. The van der Waals surface area contributed by atoms with E-state index in [2.05, 4.69) is 130 Å². The molecule has 0 radical (unpaired) electrons. The molecule has 0 heterocycles. The molecule has 0 aliphatic rings. The number of hydrogen-bond donors (Lipinski definition) is 0. The second-order valence-corrected chi connectivity index (χ2v) is 22.7. The van der Waals surface area contributed by atoms with E-state index >= 15 is 0 Å².